The second-order valence-electron chi connectivity index (χ2n) is 4.98. The van der Waals surface area contributed by atoms with E-state index in [-0.39, 0.29) is 9.79 Å². The molecule has 0 aliphatic heterocycles. The summed E-state index contributed by atoms with van der Waals surface area (Å²) in [4.78, 5) is 1.20. The van der Waals surface area contributed by atoms with E-state index in [9.17, 15) is 16.8 Å². The molecular weight excluding hydrogens is 416 g/mol. The second-order valence-corrected chi connectivity index (χ2v) is 11.0. The van der Waals surface area contributed by atoms with Gasteiger partial charge in [-0.3, -0.25) is 0 Å². The Kier molecular flexibility index (Phi) is 6.47. The summed E-state index contributed by atoms with van der Waals surface area (Å²) < 4.78 is 52.2. The van der Waals surface area contributed by atoms with Crippen LogP contribution in [-0.2, 0) is 20.0 Å². The van der Waals surface area contributed by atoms with Gasteiger partial charge in [0, 0.05) is 21.2 Å². The fraction of sp³-hybridized carbons (Fsp3) is 0.143. The van der Waals surface area contributed by atoms with Crippen molar-refractivity contribution in [2.75, 3.05) is 25.6 Å². The van der Waals surface area contributed by atoms with Crippen LogP contribution in [0.3, 0.4) is 0 Å². The van der Waals surface area contributed by atoms with Gasteiger partial charge in [0.1, 0.15) is 0 Å². The maximum Gasteiger partial charge on any atom is 0.240 e. The van der Waals surface area contributed by atoms with Crippen LogP contribution in [0.2, 0.25) is 0 Å². The predicted molar refractivity (Wildman–Crippen MR) is 106 cm³/mol. The highest BCUT2D eigenvalue weighted by Gasteiger charge is 2.16. The fourth-order valence-electron chi connectivity index (χ4n) is 1.83. The molecule has 0 aliphatic rings. The number of rotatable bonds is 7. The highest BCUT2D eigenvalue weighted by molar-refractivity contribution is 8.76. The van der Waals surface area contributed by atoms with Crippen molar-refractivity contribution in [2.45, 2.75) is 19.6 Å². The molecule has 0 heterocycles. The van der Waals surface area contributed by atoms with Crippen molar-refractivity contribution in [2.24, 2.45) is 0 Å². The first-order valence-corrected chi connectivity index (χ1v) is 12.2. The van der Waals surface area contributed by atoms with Gasteiger partial charge in [-0.25, -0.2) is 26.3 Å². The maximum atomic E-state index is 11.9. The van der Waals surface area contributed by atoms with Crippen molar-refractivity contribution in [3.05, 3.63) is 36.4 Å². The molecule has 8 nitrogen and oxygen atoms in total. The highest BCUT2D eigenvalue weighted by Crippen LogP contribution is 2.43. The van der Waals surface area contributed by atoms with Gasteiger partial charge in [0.15, 0.2) is 0 Å². The first-order chi connectivity index (χ1) is 12.1. The van der Waals surface area contributed by atoms with Crippen LogP contribution in [0.4, 0.5) is 11.4 Å². The normalized spacial score (nSPS) is 12.2. The zero-order valence-electron chi connectivity index (χ0n) is 13.9. The molecule has 0 radical (unpaired) electrons. The summed E-state index contributed by atoms with van der Waals surface area (Å²) in [5.74, 6) is 0. The molecule has 0 unspecified atom stereocenters. The maximum absolute atomic E-state index is 11.9. The Hall–Kier alpha value is -1.44. The molecule has 0 saturated heterocycles. The van der Waals surface area contributed by atoms with Gasteiger partial charge >= 0.3 is 0 Å². The molecule has 26 heavy (non-hydrogen) atoms. The van der Waals surface area contributed by atoms with Crippen LogP contribution < -0.4 is 20.9 Å². The Morgan fingerprint density at radius 1 is 0.731 bits per heavy atom. The van der Waals surface area contributed by atoms with Crippen molar-refractivity contribution in [3.8, 4) is 0 Å². The van der Waals surface area contributed by atoms with Crippen LogP contribution in [0.15, 0.2) is 56.0 Å². The van der Waals surface area contributed by atoms with E-state index in [1.807, 2.05) is 0 Å². The summed E-state index contributed by atoms with van der Waals surface area (Å²) in [6.07, 6.45) is 0. The summed E-state index contributed by atoms with van der Waals surface area (Å²) in [6, 6.07) is 8.71. The average Bonchev–Trinajstić information content (AvgIpc) is 2.61. The van der Waals surface area contributed by atoms with Gasteiger partial charge < -0.3 is 11.5 Å². The monoisotopic (exact) mass is 434 g/mol. The Bertz CT molecular complexity index is 940. The SMILES string of the molecule is CNS(=O)(=O)c1ccc(N)c(SSc2cc(S(=O)(=O)NC)ccc2N)c1. The lowest BCUT2D eigenvalue weighted by molar-refractivity contribution is 0.586. The van der Waals surface area contributed by atoms with Crippen molar-refractivity contribution >= 4 is 53.0 Å². The fourth-order valence-corrected chi connectivity index (χ4v) is 5.76. The summed E-state index contributed by atoms with van der Waals surface area (Å²) in [7, 11) is -2.18. The molecule has 0 fully saturated rings. The summed E-state index contributed by atoms with van der Waals surface area (Å²) in [5, 5.41) is 0. The molecule has 2 aromatic carbocycles. The molecule has 142 valence electrons. The molecule has 6 N–H and O–H groups in total. The lowest BCUT2D eigenvalue weighted by Gasteiger charge is -2.10. The molecule has 0 atom stereocenters. The van der Waals surface area contributed by atoms with E-state index in [2.05, 4.69) is 9.44 Å². The van der Waals surface area contributed by atoms with Crippen molar-refractivity contribution in [1.29, 1.82) is 0 Å². The molecule has 2 aromatic rings. The topological polar surface area (TPSA) is 144 Å². The quantitative estimate of drug-likeness (QED) is 0.379. The second kappa shape index (κ2) is 8.06. The van der Waals surface area contributed by atoms with E-state index in [0.29, 0.717) is 21.2 Å². The highest BCUT2D eigenvalue weighted by atomic mass is 33.1. The smallest absolute Gasteiger partial charge is 0.240 e. The van der Waals surface area contributed by atoms with E-state index in [1.165, 1.54) is 72.1 Å². The summed E-state index contributed by atoms with van der Waals surface area (Å²) in [5.41, 5.74) is 12.6. The lowest BCUT2D eigenvalue weighted by atomic mass is 10.3. The number of hydrogen-bond donors (Lipinski definition) is 4. The van der Waals surface area contributed by atoms with Crippen LogP contribution >= 0.6 is 21.6 Å². The van der Waals surface area contributed by atoms with Gasteiger partial charge in [0.2, 0.25) is 20.0 Å². The van der Waals surface area contributed by atoms with Gasteiger partial charge in [-0.15, -0.1) is 0 Å². The molecule has 0 aliphatic carbocycles. The van der Waals surface area contributed by atoms with Crippen molar-refractivity contribution in [1.82, 2.24) is 9.44 Å². The largest absolute Gasteiger partial charge is 0.398 e. The van der Waals surface area contributed by atoms with Crippen LogP contribution in [0, 0.1) is 0 Å². The third-order valence-electron chi connectivity index (χ3n) is 3.35. The molecule has 0 amide bonds. The Morgan fingerprint density at radius 3 is 1.38 bits per heavy atom. The van der Waals surface area contributed by atoms with Crippen LogP contribution in [0.1, 0.15) is 0 Å². The van der Waals surface area contributed by atoms with E-state index >= 15 is 0 Å². The van der Waals surface area contributed by atoms with E-state index in [4.69, 9.17) is 11.5 Å². The van der Waals surface area contributed by atoms with Crippen LogP contribution in [0.5, 0.6) is 0 Å². The number of benzene rings is 2. The minimum atomic E-state index is -3.60. The van der Waals surface area contributed by atoms with Gasteiger partial charge in [-0.1, -0.05) is 21.6 Å². The van der Waals surface area contributed by atoms with Crippen molar-refractivity contribution < 1.29 is 16.8 Å². The van der Waals surface area contributed by atoms with Gasteiger partial charge in [0.25, 0.3) is 0 Å². The Balaban J connectivity index is 2.32. The molecule has 2 rings (SSSR count). The van der Waals surface area contributed by atoms with Gasteiger partial charge in [-0.2, -0.15) is 0 Å². The summed E-state index contributed by atoms with van der Waals surface area (Å²) in [6.45, 7) is 0. The zero-order valence-corrected chi connectivity index (χ0v) is 17.2. The third-order valence-corrected chi connectivity index (χ3v) is 8.65. The zero-order chi connectivity index (χ0) is 19.5. The standard InChI is InChI=1S/C14H18N4O4S4/c1-17-25(19,20)9-3-5-11(15)13(7-9)23-24-14-8-10(4-6-12(14)16)26(21,22)18-2/h3-8,17-18H,15-16H2,1-2H3. The number of hydrogen-bond acceptors (Lipinski definition) is 8. The number of nitrogens with two attached hydrogens (primary N) is 2. The molecule has 0 saturated carbocycles. The first kappa shape index (κ1) is 20.9. The van der Waals surface area contributed by atoms with Crippen LogP contribution in [-0.4, -0.2) is 30.9 Å². The first-order valence-electron chi connectivity index (χ1n) is 7.11. The Morgan fingerprint density at radius 2 is 1.08 bits per heavy atom. The molecule has 0 aromatic heterocycles. The number of nitrogens with one attached hydrogen (secondary N) is 2. The summed E-state index contributed by atoms with van der Waals surface area (Å²) >= 11 is 0. The third kappa shape index (κ3) is 4.64. The predicted octanol–water partition coefficient (Wildman–Crippen LogP) is 1.47. The number of anilines is 2. The molecule has 0 bridgehead atoms. The van der Waals surface area contributed by atoms with E-state index in [0.717, 1.165) is 0 Å². The van der Waals surface area contributed by atoms with Crippen molar-refractivity contribution in [3.63, 3.8) is 0 Å². The van der Waals surface area contributed by atoms with Gasteiger partial charge in [0.05, 0.1) is 9.79 Å². The average molecular weight is 435 g/mol. The van der Waals surface area contributed by atoms with Crippen LogP contribution in [0.25, 0.3) is 0 Å². The minimum Gasteiger partial charge on any atom is -0.398 e. The molecule has 0 spiro atoms. The molecule has 12 heteroatoms. The lowest BCUT2D eigenvalue weighted by Crippen LogP contribution is -2.18. The molecular formula is C14H18N4O4S4. The minimum absolute atomic E-state index is 0.0804. The number of sulfonamides is 2. The Labute approximate surface area is 160 Å². The van der Waals surface area contributed by atoms with E-state index < -0.39 is 20.0 Å². The van der Waals surface area contributed by atoms with Gasteiger partial charge in [-0.05, 0) is 50.5 Å². The van der Waals surface area contributed by atoms with E-state index in [1.54, 1.807) is 0 Å². The number of nitrogen functional groups attached to an aromatic ring is 2.